The lowest BCUT2D eigenvalue weighted by atomic mass is 9.96. The Morgan fingerprint density at radius 3 is 2.19 bits per heavy atom. The van der Waals surface area contributed by atoms with Crippen LogP contribution in [0.2, 0.25) is 0 Å². The summed E-state index contributed by atoms with van der Waals surface area (Å²) in [6.45, 7) is 2.59. The number of amides is 3. The number of rotatable bonds is 3. The number of carbonyl (C=O) groups excluding carboxylic acids is 2. The third-order valence-corrected chi connectivity index (χ3v) is 5.63. The molecule has 3 rings (SSSR count). The van der Waals surface area contributed by atoms with Crippen LogP contribution in [0.3, 0.4) is 0 Å². The molecule has 1 saturated carbocycles. The molecule has 27 heavy (non-hydrogen) atoms. The maximum Gasteiger partial charge on any atom is 0.317 e. The highest BCUT2D eigenvalue weighted by Crippen LogP contribution is 2.18. The summed E-state index contributed by atoms with van der Waals surface area (Å²) in [6.07, 6.45) is 6.70. The van der Waals surface area contributed by atoms with Gasteiger partial charge in [0.25, 0.3) is 5.91 Å². The molecule has 6 heteroatoms. The van der Waals surface area contributed by atoms with E-state index in [1.807, 2.05) is 53.1 Å². The molecule has 1 saturated heterocycles. The van der Waals surface area contributed by atoms with Gasteiger partial charge in [0, 0.05) is 57.6 Å². The van der Waals surface area contributed by atoms with E-state index in [2.05, 4.69) is 5.32 Å². The summed E-state index contributed by atoms with van der Waals surface area (Å²) in [5.74, 6) is 0.0508. The molecule has 1 aromatic carbocycles. The van der Waals surface area contributed by atoms with E-state index >= 15 is 0 Å². The minimum Gasteiger partial charge on any atom is -0.378 e. The van der Waals surface area contributed by atoms with Gasteiger partial charge in [-0.05, 0) is 43.5 Å². The minimum absolute atomic E-state index is 0.0338. The van der Waals surface area contributed by atoms with Crippen molar-refractivity contribution in [2.45, 2.75) is 44.6 Å². The monoisotopic (exact) mass is 372 g/mol. The Morgan fingerprint density at radius 1 is 0.889 bits per heavy atom. The predicted octanol–water partition coefficient (Wildman–Crippen LogP) is 2.94. The quantitative estimate of drug-likeness (QED) is 0.888. The zero-order valence-corrected chi connectivity index (χ0v) is 16.6. The van der Waals surface area contributed by atoms with E-state index in [9.17, 15) is 9.59 Å². The summed E-state index contributed by atoms with van der Waals surface area (Å²) < 4.78 is 0. The molecule has 6 nitrogen and oxygen atoms in total. The second kappa shape index (κ2) is 9.11. The molecule has 0 spiro atoms. The lowest BCUT2D eigenvalue weighted by molar-refractivity contribution is 0.0762. The molecule has 1 aromatic rings. The molecular formula is C21H32N4O2. The molecule has 0 unspecified atom stereocenters. The second-order valence-corrected chi connectivity index (χ2v) is 7.86. The zero-order valence-electron chi connectivity index (χ0n) is 16.6. The van der Waals surface area contributed by atoms with E-state index < -0.39 is 0 Å². The van der Waals surface area contributed by atoms with Crippen LogP contribution in [-0.4, -0.2) is 68.1 Å². The van der Waals surface area contributed by atoms with Gasteiger partial charge in [0.2, 0.25) is 0 Å². The predicted molar refractivity (Wildman–Crippen MR) is 108 cm³/mol. The first-order valence-electron chi connectivity index (χ1n) is 10.2. The average molecular weight is 373 g/mol. The molecule has 3 amide bonds. The number of hydrogen-bond donors (Lipinski definition) is 1. The van der Waals surface area contributed by atoms with Gasteiger partial charge in [-0.2, -0.15) is 0 Å². The van der Waals surface area contributed by atoms with Crippen molar-refractivity contribution in [3.05, 3.63) is 29.8 Å². The molecule has 0 atom stereocenters. The van der Waals surface area contributed by atoms with Gasteiger partial charge < -0.3 is 20.0 Å². The lowest BCUT2D eigenvalue weighted by Gasteiger charge is -2.27. The van der Waals surface area contributed by atoms with Crippen LogP contribution in [0.1, 0.15) is 48.9 Å². The van der Waals surface area contributed by atoms with Gasteiger partial charge >= 0.3 is 6.03 Å². The lowest BCUT2D eigenvalue weighted by Crippen LogP contribution is -2.46. The average Bonchev–Trinajstić information content (AvgIpc) is 2.94. The second-order valence-electron chi connectivity index (χ2n) is 7.86. The highest BCUT2D eigenvalue weighted by molar-refractivity contribution is 5.94. The standard InChI is InChI=1S/C21H32N4O2/c1-23(2)19-11-9-17(10-12-19)20(26)24-13-6-14-25(16-15-24)21(27)22-18-7-4-3-5-8-18/h9-12,18H,3-8,13-16H2,1-2H3,(H,22,27). The van der Waals surface area contributed by atoms with Crippen molar-refractivity contribution in [1.29, 1.82) is 0 Å². The van der Waals surface area contributed by atoms with E-state index in [0.29, 0.717) is 37.8 Å². The van der Waals surface area contributed by atoms with E-state index in [1.54, 1.807) is 0 Å². The smallest absolute Gasteiger partial charge is 0.317 e. The maximum absolute atomic E-state index is 12.8. The zero-order chi connectivity index (χ0) is 19.2. The normalized spacial score (nSPS) is 18.7. The molecule has 1 aliphatic carbocycles. The number of nitrogens with one attached hydrogen (secondary N) is 1. The largest absolute Gasteiger partial charge is 0.378 e. The van der Waals surface area contributed by atoms with E-state index in [0.717, 1.165) is 24.9 Å². The number of nitrogens with zero attached hydrogens (tertiary/aromatic N) is 3. The van der Waals surface area contributed by atoms with Gasteiger partial charge in [-0.25, -0.2) is 4.79 Å². The van der Waals surface area contributed by atoms with Crippen LogP contribution >= 0.6 is 0 Å². The van der Waals surface area contributed by atoms with Gasteiger partial charge in [-0.1, -0.05) is 19.3 Å². The van der Waals surface area contributed by atoms with Crippen LogP contribution < -0.4 is 10.2 Å². The molecule has 0 radical (unpaired) electrons. The van der Waals surface area contributed by atoms with Gasteiger partial charge in [-0.15, -0.1) is 0 Å². The third kappa shape index (κ3) is 5.15. The first-order chi connectivity index (χ1) is 13.0. The number of hydrogen-bond acceptors (Lipinski definition) is 3. The van der Waals surface area contributed by atoms with Crippen molar-refractivity contribution >= 4 is 17.6 Å². The van der Waals surface area contributed by atoms with Crippen molar-refractivity contribution in [3.63, 3.8) is 0 Å². The Bertz CT molecular complexity index is 638. The summed E-state index contributed by atoms with van der Waals surface area (Å²) in [5, 5.41) is 3.19. The van der Waals surface area contributed by atoms with Gasteiger partial charge in [0.15, 0.2) is 0 Å². The van der Waals surface area contributed by atoms with Crippen molar-refractivity contribution in [1.82, 2.24) is 15.1 Å². The minimum atomic E-state index is 0.0338. The SMILES string of the molecule is CN(C)c1ccc(C(=O)N2CCCN(C(=O)NC3CCCCC3)CC2)cc1. The fraction of sp³-hybridized carbons (Fsp3) is 0.619. The van der Waals surface area contributed by atoms with E-state index in [-0.39, 0.29) is 11.9 Å². The molecule has 0 bridgehead atoms. The number of carbonyl (C=O) groups is 2. The fourth-order valence-corrected chi connectivity index (χ4v) is 3.92. The number of anilines is 1. The summed E-state index contributed by atoms with van der Waals surface area (Å²) in [6, 6.07) is 8.06. The van der Waals surface area contributed by atoms with Crippen LogP contribution in [0.15, 0.2) is 24.3 Å². The van der Waals surface area contributed by atoms with E-state index in [4.69, 9.17) is 0 Å². The summed E-state index contributed by atoms with van der Waals surface area (Å²) in [5.41, 5.74) is 1.79. The van der Waals surface area contributed by atoms with Crippen LogP contribution in [0.4, 0.5) is 10.5 Å². The Kier molecular flexibility index (Phi) is 6.58. The highest BCUT2D eigenvalue weighted by atomic mass is 16.2. The van der Waals surface area contributed by atoms with Crippen molar-refractivity contribution in [2.75, 3.05) is 45.2 Å². The fourth-order valence-electron chi connectivity index (χ4n) is 3.92. The van der Waals surface area contributed by atoms with E-state index in [1.165, 1.54) is 19.3 Å². The van der Waals surface area contributed by atoms with Crippen LogP contribution in [0, 0.1) is 0 Å². The Morgan fingerprint density at radius 2 is 1.52 bits per heavy atom. The summed E-state index contributed by atoms with van der Waals surface area (Å²) >= 11 is 0. The molecule has 1 aliphatic heterocycles. The van der Waals surface area contributed by atoms with Crippen LogP contribution in [-0.2, 0) is 0 Å². The highest BCUT2D eigenvalue weighted by Gasteiger charge is 2.24. The topological polar surface area (TPSA) is 55.9 Å². The molecule has 2 aliphatic rings. The number of urea groups is 1. The van der Waals surface area contributed by atoms with Crippen molar-refractivity contribution in [2.24, 2.45) is 0 Å². The Hall–Kier alpha value is -2.24. The summed E-state index contributed by atoms with van der Waals surface area (Å²) in [7, 11) is 3.97. The van der Waals surface area contributed by atoms with Gasteiger partial charge in [-0.3, -0.25) is 4.79 Å². The molecule has 1 N–H and O–H groups in total. The first kappa shape index (κ1) is 19.5. The maximum atomic E-state index is 12.8. The Labute approximate surface area is 162 Å². The molecule has 2 fully saturated rings. The van der Waals surface area contributed by atoms with Gasteiger partial charge in [0.1, 0.15) is 0 Å². The molecule has 0 aromatic heterocycles. The summed E-state index contributed by atoms with van der Waals surface area (Å²) in [4.78, 5) is 31.2. The van der Waals surface area contributed by atoms with Crippen molar-refractivity contribution < 1.29 is 9.59 Å². The molecule has 1 heterocycles. The molecular weight excluding hydrogens is 340 g/mol. The molecule has 148 valence electrons. The van der Waals surface area contributed by atoms with Crippen LogP contribution in [0.25, 0.3) is 0 Å². The van der Waals surface area contributed by atoms with Crippen LogP contribution in [0.5, 0.6) is 0 Å². The first-order valence-corrected chi connectivity index (χ1v) is 10.2. The Balaban J connectivity index is 1.54. The van der Waals surface area contributed by atoms with Crippen molar-refractivity contribution in [3.8, 4) is 0 Å². The third-order valence-electron chi connectivity index (χ3n) is 5.63. The number of benzene rings is 1. The van der Waals surface area contributed by atoms with Gasteiger partial charge in [0.05, 0.1) is 0 Å².